The summed E-state index contributed by atoms with van der Waals surface area (Å²) in [6.07, 6.45) is -0.626. The molecule has 1 saturated heterocycles. The van der Waals surface area contributed by atoms with Gasteiger partial charge in [-0.25, -0.2) is 4.79 Å². The molecule has 0 radical (unpaired) electrons. The Morgan fingerprint density at radius 2 is 2.12 bits per heavy atom. The number of halogens is 3. The molecule has 0 spiro atoms. The minimum Gasteiger partial charge on any atom is -0.458 e. The maximum absolute atomic E-state index is 12.5. The topological polar surface area (TPSA) is 58.6 Å². The van der Waals surface area contributed by atoms with Crippen molar-refractivity contribution in [2.24, 2.45) is 0 Å². The van der Waals surface area contributed by atoms with E-state index in [0.29, 0.717) is 5.69 Å². The van der Waals surface area contributed by atoms with Crippen LogP contribution in [-0.2, 0) is 9.53 Å². The van der Waals surface area contributed by atoms with Gasteiger partial charge in [-0.2, -0.15) is 13.2 Å². The number of nitrogens with one attached hydrogen (secondary N) is 1. The normalized spacial score (nSPS) is 17.5. The van der Waals surface area contributed by atoms with Crippen molar-refractivity contribution in [2.75, 3.05) is 23.4 Å². The molecule has 2 rings (SSSR count). The number of esters is 1. The van der Waals surface area contributed by atoms with Crippen molar-refractivity contribution >= 4 is 23.3 Å². The summed E-state index contributed by atoms with van der Waals surface area (Å²) in [5, 5.41) is 1.76. The van der Waals surface area contributed by atoms with Crippen LogP contribution in [0.15, 0.2) is 30.9 Å². The van der Waals surface area contributed by atoms with Crippen LogP contribution in [0.4, 0.5) is 24.5 Å². The molecular weight excluding hydrogens is 349 g/mol. The van der Waals surface area contributed by atoms with Gasteiger partial charge in [-0.3, -0.25) is 4.79 Å². The van der Waals surface area contributed by atoms with E-state index in [0.717, 1.165) is 25.8 Å². The smallest absolute Gasteiger partial charge is 0.458 e. The number of carbonyl (C=O) groups excluding carboxylic acids is 2. The largest absolute Gasteiger partial charge is 0.471 e. The Hall–Kier alpha value is -2.51. The van der Waals surface area contributed by atoms with Crippen LogP contribution >= 0.6 is 0 Å². The molecule has 26 heavy (non-hydrogen) atoms. The van der Waals surface area contributed by atoms with Gasteiger partial charge >= 0.3 is 18.1 Å². The van der Waals surface area contributed by atoms with Gasteiger partial charge in [-0.15, -0.1) is 0 Å². The van der Waals surface area contributed by atoms with Crippen molar-refractivity contribution in [3.63, 3.8) is 0 Å². The van der Waals surface area contributed by atoms with Gasteiger partial charge in [0.1, 0.15) is 6.61 Å². The highest BCUT2D eigenvalue weighted by Gasteiger charge is 2.38. The number of alkyl halides is 3. The highest BCUT2D eigenvalue weighted by molar-refractivity contribution is 6.00. The minimum absolute atomic E-state index is 0.0209. The first-order valence-electron chi connectivity index (χ1n) is 8.31. The third kappa shape index (κ3) is 4.77. The van der Waals surface area contributed by atoms with E-state index in [1.807, 2.05) is 11.8 Å². The molecule has 1 aliphatic heterocycles. The number of nitrogens with zero attached hydrogens (tertiary/aromatic N) is 1. The predicted molar refractivity (Wildman–Crippen MR) is 92.3 cm³/mol. The summed E-state index contributed by atoms with van der Waals surface area (Å²) in [7, 11) is 0. The number of carbonyl (C=O) groups is 2. The fourth-order valence-electron chi connectivity index (χ4n) is 2.90. The number of hydrogen-bond donors (Lipinski definition) is 1. The van der Waals surface area contributed by atoms with E-state index in [-0.39, 0.29) is 23.9 Å². The third-order valence-corrected chi connectivity index (χ3v) is 4.18. The van der Waals surface area contributed by atoms with Gasteiger partial charge in [0.2, 0.25) is 0 Å². The van der Waals surface area contributed by atoms with Crippen LogP contribution in [0, 0.1) is 0 Å². The lowest BCUT2D eigenvalue weighted by Crippen LogP contribution is -2.38. The lowest BCUT2D eigenvalue weighted by Gasteiger charge is -2.36. The monoisotopic (exact) mass is 370 g/mol. The molecule has 1 heterocycles. The molecule has 1 fully saturated rings. The molecule has 1 aromatic carbocycles. The summed E-state index contributed by atoms with van der Waals surface area (Å²) < 4.78 is 42.4. The Morgan fingerprint density at radius 3 is 2.73 bits per heavy atom. The first-order valence-corrected chi connectivity index (χ1v) is 8.31. The number of benzene rings is 1. The zero-order valence-electron chi connectivity index (χ0n) is 14.4. The van der Waals surface area contributed by atoms with Gasteiger partial charge in [0.25, 0.3) is 0 Å². The van der Waals surface area contributed by atoms with Crippen molar-refractivity contribution < 1.29 is 27.5 Å². The predicted octanol–water partition coefficient (Wildman–Crippen LogP) is 3.91. The van der Waals surface area contributed by atoms with Gasteiger partial charge in [-0.05, 0) is 44.4 Å². The van der Waals surface area contributed by atoms with E-state index in [1.165, 1.54) is 24.3 Å². The number of rotatable bonds is 5. The molecule has 0 bridgehead atoms. The molecule has 8 heteroatoms. The Kier molecular flexibility index (Phi) is 6.28. The molecule has 1 unspecified atom stereocenters. The van der Waals surface area contributed by atoms with Crippen LogP contribution in [0.2, 0.25) is 0 Å². The second-order valence-corrected chi connectivity index (χ2v) is 6.11. The zero-order chi connectivity index (χ0) is 19.3. The van der Waals surface area contributed by atoms with E-state index in [2.05, 4.69) is 6.58 Å². The number of amides is 1. The Labute approximate surface area is 149 Å². The van der Waals surface area contributed by atoms with E-state index in [1.54, 1.807) is 5.32 Å². The van der Waals surface area contributed by atoms with Gasteiger partial charge in [-0.1, -0.05) is 12.7 Å². The lowest BCUT2D eigenvalue weighted by molar-refractivity contribution is -0.167. The highest BCUT2D eigenvalue weighted by atomic mass is 19.4. The van der Waals surface area contributed by atoms with Crippen LogP contribution in [-0.4, -0.2) is 37.2 Å². The zero-order valence-corrected chi connectivity index (χ0v) is 14.4. The minimum atomic E-state index is -5.01. The van der Waals surface area contributed by atoms with E-state index in [9.17, 15) is 22.8 Å². The molecule has 1 aromatic rings. The molecule has 1 N–H and O–H groups in total. The average molecular weight is 370 g/mol. The molecule has 142 valence electrons. The number of piperidine rings is 1. The second-order valence-electron chi connectivity index (χ2n) is 6.11. The second kappa shape index (κ2) is 8.25. The van der Waals surface area contributed by atoms with Crippen molar-refractivity contribution in [1.29, 1.82) is 0 Å². The average Bonchev–Trinajstić information content (AvgIpc) is 2.59. The molecule has 1 atom stereocenters. The van der Waals surface area contributed by atoms with Crippen molar-refractivity contribution in [1.82, 2.24) is 0 Å². The third-order valence-electron chi connectivity index (χ3n) is 4.18. The first kappa shape index (κ1) is 19.8. The summed E-state index contributed by atoms with van der Waals surface area (Å²) >= 11 is 0. The van der Waals surface area contributed by atoms with Gasteiger partial charge in [0.05, 0.1) is 11.3 Å². The molecule has 5 nitrogen and oxygen atoms in total. The fourth-order valence-corrected chi connectivity index (χ4v) is 2.90. The van der Waals surface area contributed by atoms with Crippen LogP contribution in [0.3, 0.4) is 0 Å². The molecule has 1 aliphatic rings. The van der Waals surface area contributed by atoms with Crippen LogP contribution < -0.4 is 10.2 Å². The van der Waals surface area contributed by atoms with Crippen LogP contribution in [0.1, 0.15) is 36.5 Å². The number of ether oxygens (including phenoxy) is 1. The Bertz CT molecular complexity index is 689. The number of hydrogen-bond acceptors (Lipinski definition) is 4. The van der Waals surface area contributed by atoms with E-state index < -0.39 is 18.1 Å². The summed E-state index contributed by atoms with van der Waals surface area (Å²) in [5.41, 5.74) is 0.572. The molecular formula is C18H21F3N2O3. The standard InChI is InChI=1S/C18H21F3N2O3/c1-3-10-26-16(24)14-11-13(22-17(25)18(19,20)21)7-8-15(14)23-9-5-4-6-12(23)2/h3,7-8,11-12H,1,4-6,9-10H2,2H3,(H,22,25). The van der Waals surface area contributed by atoms with E-state index in [4.69, 9.17) is 4.74 Å². The Balaban J connectivity index is 2.36. The lowest BCUT2D eigenvalue weighted by atomic mass is 10.0. The summed E-state index contributed by atoms with van der Waals surface area (Å²) in [4.78, 5) is 25.6. The van der Waals surface area contributed by atoms with E-state index >= 15 is 0 Å². The summed E-state index contributed by atoms with van der Waals surface area (Å²) in [6, 6.07) is 4.29. The fraction of sp³-hybridized carbons (Fsp3) is 0.444. The van der Waals surface area contributed by atoms with Gasteiger partial charge < -0.3 is 15.0 Å². The maximum atomic E-state index is 12.5. The maximum Gasteiger partial charge on any atom is 0.471 e. The van der Waals surface area contributed by atoms with Crippen molar-refractivity contribution in [3.05, 3.63) is 36.4 Å². The van der Waals surface area contributed by atoms with Gasteiger partial charge in [0, 0.05) is 18.3 Å². The van der Waals surface area contributed by atoms with Crippen LogP contribution in [0.25, 0.3) is 0 Å². The molecule has 0 aromatic heterocycles. The van der Waals surface area contributed by atoms with Gasteiger partial charge in [0.15, 0.2) is 0 Å². The highest BCUT2D eigenvalue weighted by Crippen LogP contribution is 2.31. The SMILES string of the molecule is C=CCOC(=O)c1cc(NC(=O)C(F)(F)F)ccc1N1CCCCC1C. The molecule has 0 saturated carbocycles. The van der Waals surface area contributed by atoms with Crippen molar-refractivity contribution in [2.45, 2.75) is 38.4 Å². The van der Waals surface area contributed by atoms with Crippen LogP contribution in [0.5, 0.6) is 0 Å². The van der Waals surface area contributed by atoms with Crippen molar-refractivity contribution in [3.8, 4) is 0 Å². The first-order chi connectivity index (χ1) is 12.2. The molecule has 0 aliphatic carbocycles. The Morgan fingerprint density at radius 1 is 1.38 bits per heavy atom. The summed E-state index contributed by atoms with van der Waals surface area (Å²) in [6.45, 7) is 6.20. The number of anilines is 2. The quantitative estimate of drug-likeness (QED) is 0.631. The molecule has 1 amide bonds. The summed E-state index contributed by atoms with van der Waals surface area (Å²) in [5.74, 6) is -2.78.